The summed E-state index contributed by atoms with van der Waals surface area (Å²) in [6.07, 6.45) is 0.912. The first kappa shape index (κ1) is 53.7. The molecule has 0 aliphatic carbocycles. The molecule has 71 heavy (non-hydrogen) atoms. The van der Waals surface area contributed by atoms with Gasteiger partial charge in [-0.15, -0.1) is 0 Å². The molecule has 0 radical (unpaired) electrons. The van der Waals surface area contributed by atoms with E-state index in [0.29, 0.717) is 70.0 Å². The van der Waals surface area contributed by atoms with Crippen LogP contribution < -0.4 is 10.2 Å². The van der Waals surface area contributed by atoms with Crippen molar-refractivity contribution in [2.24, 2.45) is 0 Å². The molecule has 16 nitrogen and oxygen atoms in total. The number of carbonyl (C=O) groups excluding carboxylic acids is 2. The number of aliphatic hydroxyl groups is 4. The first-order chi connectivity index (χ1) is 33.8. The van der Waals surface area contributed by atoms with E-state index in [1.165, 1.54) is 36.9 Å². The first-order valence-corrected chi connectivity index (χ1v) is 22.3. The molecule has 0 bridgehead atoms. The van der Waals surface area contributed by atoms with Crippen molar-refractivity contribution in [1.29, 1.82) is 0 Å². The monoisotopic (exact) mass is 990 g/mol. The van der Waals surface area contributed by atoms with Crippen molar-refractivity contribution in [2.45, 2.75) is 76.0 Å². The summed E-state index contributed by atoms with van der Waals surface area (Å²) in [5.74, 6) is -2.22. The molecule has 0 unspecified atom stereocenters. The molecular weight excluding hydrogens is 943 g/mol. The molecule has 4 aromatic heterocycles. The third-order valence-corrected chi connectivity index (χ3v) is 11.1. The molecule has 0 fully saturated rings. The second kappa shape index (κ2) is 26.0. The second-order valence-electron chi connectivity index (χ2n) is 16.3. The minimum atomic E-state index is -1.37. The van der Waals surface area contributed by atoms with E-state index < -0.39 is 49.2 Å². The van der Waals surface area contributed by atoms with Gasteiger partial charge in [0, 0.05) is 72.5 Å². The minimum absolute atomic E-state index is 0. The first-order valence-electron chi connectivity index (χ1n) is 22.3. The van der Waals surface area contributed by atoms with Crippen LogP contribution in [0.15, 0.2) is 146 Å². The Kier molecular flexibility index (Phi) is 19.7. The fourth-order valence-electron chi connectivity index (χ4n) is 7.93. The van der Waals surface area contributed by atoms with E-state index in [0.717, 1.165) is 11.1 Å². The molecule has 0 aliphatic rings. The van der Waals surface area contributed by atoms with Crippen molar-refractivity contribution >= 4 is 49.7 Å². The van der Waals surface area contributed by atoms with E-state index in [1.807, 2.05) is 69.8 Å². The molecule has 4 N–H and O–H groups in total. The number of aliphatic hydroxyl groups excluding tert-OH is 4. The third kappa shape index (κ3) is 14.7. The maximum Gasteiger partial charge on any atom is 2.00 e. The molecule has 0 saturated carbocycles. The number of carboxylic acids is 2. The molecule has 4 aromatic carbocycles. The average Bonchev–Trinajstić information content (AvgIpc) is 3.93. The number of nitrogens with zero attached hydrogens (tertiary/aromatic N) is 8. The summed E-state index contributed by atoms with van der Waals surface area (Å²) in [7, 11) is 0. The van der Waals surface area contributed by atoms with Crippen LogP contribution in [0, 0.1) is 11.6 Å². The number of hydrogen-bond acceptors (Lipinski definition) is 14. The van der Waals surface area contributed by atoms with E-state index in [1.54, 1.807) is 48.8 Å². The molecule has 0 saturated heterocycles. The van der Waals surface area contributed by atoms with Crippen LogP contribution in [-0.4, -0.2) is 134 Å². The Labute approximate surface area is 437 Å². The van der Waals surface area contributed by atoms with Crippen LogP contribution in [0.25, 0.3) is 68.1 Å². The van der Waals surface area contributed by atoms with Crippen LogP contribution in [0.4, 0.5) is 8.78 Å². The minimum Gasteiger partial charge on any atom is -0.550 e. The van der Waals surface area contributed by atoms with Gasteiger partial charge >= 0.3 is 37.7 Å². The zero-order valence-corrected chi connectivity index (χ0v) is 40.5. The van der Waals surface area contributed by atoms with Crippen molar-refractivity contribution in [2.75, 3.05) is 0 Å². The summed E-state index contributed by atoms with van der Waals surface area (Å²) >= 11 is 0. The fourth-order valence-corrected chi connectivity index (χ4v) is 7.93. The molecule has 0 aliphatic heterocycles. The van der Waals surface area contributed by atoms with Crippen LogP contribution >= 0.6 is 0 Å². The molecular formula is C52H48CaF2N8O8. The van der Waals surface area contributed by atoms with Gasteiger partial charge in [0.25, 0.3) is 0 Å². The molecule has 4 heterocycles. The summed E-state index contributed by atoms with van der Waals surface area (Å²) in [6.45, 7) is 0.605. The number of aromatic nitrogens is 8. The number of benzene rings is 4. The molecule has 0 amide bonds. The molecule has 4 atom stereocenters. The van der Waals surface area contributed by atoms with E-state index in [9.17, 15) is 49.0 Å². The summed E-state index contributed by atoms with van der Waals surface area (Å²) < 4.78 is 31.1. The van der Waals surface area contributed by atoms with Crippen LogP contribution in [0.3, 0.4) is 0 Å². The van der Waals surface area contributed by atoms with E-state index in [-0.39, 0.29) is 75.1 Å². The summed E-state index contributed by atoms with van der Waals surface area (Å²) in [6, 6.07) is 34.5. The topological polar surface area (TPSA) is 248 Å². The summed E-state index contributed by atoms with van der Waals surface area (Å²) in [4.78, 5) is 48.1. The van der Waals surface area contributed by atoms with Gasteiger partial charge in [-0.3, -0.25) is 0 Å². The van der Waals surface area contributed by atoms with Crippen molar-refractivity contribution in [3.05, 3.63) is 158 Å². The smallest absolute Gasteiger partial charge is 0.550 e. The number of carbonyl (C=O) groups is 2. The van der Waals surface area contributed by atoms with Gasteiger partial charge in [0.1, 0.15) is 35.9 Å². The summed E-state index contributed by atoms with van der Waals surface area (Å²) in [5, 5.41) is 62.2. The van der Waals surface area contributed by atoms with Crippen molar-refractivity contribution < 1.29 is 49.0 Å². The van der Waals surface area contributed by atoms with Gasteiger partial charge in [0.2, 0.25) is 0 Å². The molecule has 8 rings (SSSR count). The quantitative estimate of drug-likeness (QED) is 0.0767. The van der Waals surface area contributed by atoms with Crippen LogP contribution in [0.2, 0.25) is 0 Å². The molecule has 360 valence electrons. The van der Waals surface area contributed by atoms with Crippen molar-refractivity contribution in [3.63, 3.8) is 0 Å². The predicted octanol–water partition coefficient (Wildman–Crippen LogP) is 4.53. The molecule has 0 spiro atoms. The third-order valence-electron chi connectivity index (χ3n) is 11.1. The van der Waals surface area contributed by atoms with Gasteiger partial charge in [-0.1, -0.05) is 60.7 Å². The predicted molar refractivity (Wildman–Crippen MR) is 256 cm³/mol. The number of rotatable bonds is 20. The second-order valence-corrected chi connectivity index (χ2v) is 16.3. The Balaban J connectivity index is 0.000000229. The number of halogens is 2. The standard InChI is InChI=1S/2C26H25FN4O4.Ca/c2*27-19-8-6-17(7-9-19)24-25(22-10-12-28-16-29-22)31(26(30-24)18-4-2-1-3-5-18)13-11-20(32)14-21(33)15-23(34)35;/h2*1-10,12,16,20-21,32-33H,11,13-15H2,(H,34,35);/q;;+2/p-2/t2*20-,21-;/m11./s1. The number of aliphatic carboxylic acids is 2. The zero-order chi connectivity index (χ0) is 49.6. The van der Waals surface area contributed by atoms with Gasteiger partial charge < -0.3 is 49.4 Å². The Hall–Kier alpha value is -6.64. The van der Waals surface area contributed by atoms with Crippen LogP contribution in [0.1, 0.15) is 38.5 Å². The Bertz CT molecular complexity index is 2740. The van der Waals surface area contributed by atoms with Gasteiger partial charge in [-0.05, 0) is 86.3 Å². The zero-order valence-electron chi connectivity index (χ0n) is 38.3. The maximum absolute atomic E-state index is 13.6. The normalized spacial score (nSPS) is 12.7. The molecule has 8 aromatic rings. The average molecular weight is 991 g/mol. The van der Waals surface area contributed by atoms with Gasteiger partial charge in [-0.2, -0.15) is 0 Å². The largest absolute Gasteiger partial charge is 2.00 e. The van der Waals surface area contributed by atoms with Crippen LogP contribution in [0.5, 0.6) is 0 Å². The number of hydrogen-bond donors (Lipinski definition) is 4. The molecule has 19 heteroatoms. The van der Waals surface area contributed by atoms with E-state index in [2.05, 4.69) is 19.9 Å². The van der Waals surface area contributed by atoms with Crippen molar-refractivity contribution in [1.82, 2.24) is 39.0 Å². The Morgan fingerprint density at radius 2 is 0.873 bits per heavy atom. The fraction of sp³-hybridized carbons (Fsp3) is 0.231. The SMILES string of the molecule is O=C([O-])C[C@H](O)C[C@H](O)CCn1c(-c2ccccc2)nc(-c2ccc(F)cc2)c1-c1ccncn1.O=C([O-])C[C@H](O)C[C@H](O)CCn1c(-c2ccccc2)nc(-c2ccc(F)cc2)c1-c1ccncn1.[Ca+2]. The summed E-state index contributed by atoms with van der Waals surface area (Å²) in [5.41, 5.74) is 6.77. The number of carboxylic acid groups (broad SMARTS) is 2. The number of imidazole rings is 2. The van der Waals surface area contributed by atoms with Gasteiger partial charge in [0.15, 0.2) is 0 Å². The Morgan fingerprint density at radius 3 is 1.20 bits per heavy atom. The maximum atomic E-state index is 13.6. The van der Waals surface area contributed by atoms with Crippen molar-refractivity contribution in [3.8, 4) is 68.1 Å². The van der Waals surface area contributed by atoms with E-state index in [4.69, 9.17) is 9.97 Å². The van der Waals surface area contributed by atoms with Gasteiger partial charge in [-0.25, -0.2) is 38.7 Å². The van der Waals surface area contributed by atoms with Crippen LogP contribution in [-0.2, 0) is 22.7 Å². The van der Waals surface area contributed by atoms with E-state index >= 15 is 0 Å². The van der Waals surface area contributed by atoms with Gasteiger partial charge in [0.05, 0.1) is 58.6 Å². The Morgan fingerprint density at radius 1 is 0.507 bits per heavy atom.